The lowest BCUT2D eigenvalue weighted by Crippen LogP contribution is -2.43. The average molecular weight is 451 g/mol. The topological polar surface area (TPSA) is 76.6 Å². The minimum atomic E-state index is -0.300. The molecule has 33 heavy (non-hydrogen) atoms. The number of carbonyl (C=O) groups is 1. The van der Waals surface area contributed by atoms with Crippen LogP contribution in [0.2, 0.25) is 0 Å². The van der Waals surface area contributed by atoms with Gasteiger partial charge in [0.25, 0.3) is 0 Å². The standard InChI is InChI=1S/C25H27FN4O3/c1-32-21-9-10-22(33-2)19(14-21)15-28-25(31)18-4-3-13-30(16-18)23-11-12-27-24(29-23)17-5-7-20(26)8-6-17/h5-12,14,18H,3-4,13,15-16H2,1-2H3,(H,28,31)/t18-/m1/s1. The molecule has 2 aromatic carbocycles. The van der Waals surface area contributed by atoms with Crippen molar-refractivity contribution in [3.63, 3.8) is 0 Å². The Morgan fingerprint density at radius 1 is 1.15 bits per heavy atom. The van der Waals surface area contributed by atoms with Crippen molar-refractivity contribution in [2.45, 2.75) is 19.4 Å². The maximum atomic E-state index is 13.2. The Bertz CT molecular complexity index is 1110. The van der Waals surface area contributed by atoms with Crippen LogP contribution < -0.4 is 19.7 Å². The Labute approximate surface area is 192 Å². The zero-order chi connectivity index (χ0) is 23.2. The van der Waals surface area contributed by atoms with Gasteiger partial charge in [-0.15, -0.1) is 0 Å². The summed E-state index contributed by atoms with van der Waals surface area (Å²) in [5, 5.41) is 3.04. The van der Waals surface area contributed by atoms with Gasteiger partial charge in [0.2, 0.25) is 5.91 Å². The Morgan fingerprint density at radius 2 is 1.97 bits per heavy atom. The number of hydrogen-bond acceptors (Lipinski definition) is 6. The Kier molecular flexibility index (Phi) is 7.02. The molecule has 0 spiro atoms. The Hall–Kier alpha value is -3.68. The fourth-order valence-electron chi connectivity index (χ4n) is 4.01. The fraction of sp³-hybridized carbons (Fsp3) is 0.320. The van der Waals surface area contributed by atoms with Crippen LogP contribution in [0.1, 0.15) is 18.4 Å². The molecule has 0 saturated carbocycles. The molecule has 1 N–H and O–H groups in total. The lowest BCUT2D eigenvalue weighted by Gasteiger charge is -2.33. The van der Waals surface area contributed by atoms with Crippen LogP contribution in [0.3, 0.4) is 0 Å². The molecule has 0 unspecified atom stereocenters. The Morgan fingerprint density at radius 3 is 2.73 bits per heavy atom. The molecule has 3 aromatic rings. The molecule has 1 aliphatic heterocycles. The van der Waals surface area contributed by atoms with Crippen LogP contribution in [0.5, 0.6) is 11.5 Å². The first-order valence-corrected chi connectivity index (χ1v) is 10.9. The van der Waals surface area contributed by atoms with Gasteiger partial charge in [0, 0.05) is 37.0 Å². The molecule has 8 heteroatoms. The average Bonchev–Trinajstić information content (AvgIpc) is 2.87. The molecule has 2 heterocycles. The van der Waals surface area contributed by atoms with E-state index in [1.807, 2.05) is 24.3 Å². The van der Waals surface area contributed by atoms with E-state index < -0.39 is 0 Å². The molecule has 1 aromatic heterocycles. The molecule has 1 aliphatic rings. The highest BCUT2D eigenvalue weighted by atomic mass is 19.1. The van der Waals surface area contributed by atoms with Gasteiger partial charge in [-0.1, -0.05) is 0 Å². The van der Waals surface area contributed by atoms with E-state index in [9.17, 15) is 9.18 Å². The number of benzene rings is 2. The number of rotatable bonds is 7. The summed E-state index contributed by atoms with van der Waals surface area (Å²) in [7, 11) is 3.21. The number of halogens is 1. The van der Waals surface area contributed by atoms with Crippen LogP contribution >= 0.6 is 0 Å². The third-order valence-electron chi connectivity index (χ3n) is 5.80. The van der Waals surface area contributed by atoms with Crippen molar-refractivity contribution in [2.24, 2.45) is 5.92 Å². The van der Waals surface area contributed by atoms with Crippen LogP contribution in [-0.4, -0.2) is 43.2 Å². The molecule has 0 radical (unpaired) electrons. The van der Waals surface area contributed by atoms with Crippen molar-refractivity contribution in [3.05, 3.63) is 66.1 Å². The minimum Gasteiger partial charge on any atom is -0.497 e. The van der Waals surface area contributed by atoms with Crippen LogP contribution in [0.25, 0.3) is 11.4 Å². The second-order valence-electron chi connectivity index (χ2n) is 7.93. The predicted molar refractivity (Wildman–Crippen MR) is 124 cm³/mol. The highest BCUT2D eigenvalue weighted by Crippen LogP contribution is 2.26. The van der Waals surface area contributed by atoms with Crippen molar-refractivity contribution in [2.75, 3.05) is 32.2 Å². The largest absolute Gasteiger partial charge is 0.497 e. The number of anilines is 1. The first-order valence-electron chi connectivity index (χ1n) is 10.9. The van der Waals surface area contributed by atoms with Crippen LogP contribution in [0.15, 0.2) is 54.7 Å². The van der Waals surface area contributed by atoms with Crippen molar-refractivity contribution in [1.29, 1.82) is 0 Å². The first kappa shape index (κ1) is 22.5. The van der Waals surface area contributed by atoms with Gasteiger partial charge in [-0.2, -0.15) is 0 Å². The maximum Gasteiger partial charge on any atom is 0.225 e. The number of methoxy groups -OCH3 is 2. The molecule has 1 amide bonds. The van der Waals surface area contributed by atoms with E-state index in [-0.39, 0.29) is 17.6 Å². The van der Waals surface area contributed by atoms with Gasteiger partial charge in [0.15, 0.2) is 5.82 Å². The fourth-order valence-corrected chi connectivity index (χ4v) is 4.01. The summed E-state index contributed by atoms with van der Waals surface area (Å²) < 4.78 is 23.9. The van der Waals surface area contributed by atoms with Gasteiger partial charge in [0.1, 0.15) is 23.1 Å². The lowest BCUT2D eigenvalue weighted by molar-refractivity contribution is -0.125. The number of carbonyl (C=O) groups excluding carboxylic acids is 1. The number of piperidine rings is 1. The highest BCUT2D eigenvalue weighted by molar-refractivity contribution is 5.79. The predicted octanol–water partition coefficient (Wildman–Crippen LogP) is 3.83. The molecule has 0 bridgehead atoms. The monoisotopic (exact) mass is 450 g/mol. The summed E-state index contributed by atoms with van der Waals surface area (Å²) in [6.45, 7) is 1.74. The lowest BCUT2D eigenvalue weighted by atomic mass is 9.97. The number of aromatic nitrogens is 2. The second-order valence-corrected chi connectivity index (χ2v) is 7.93. The zero-order valence-corrected chi connectivity index (χ0v) is 18.8. The van der Waals surface area contributed by atoms with E-state index in [4.69, 9.17) is 9.47 Å². The summed E-state index contributed by atoms with van der Waals surface area (Å²) in [5.74, 6) is 2.25. The van der Waals surface area contributed by atoms with E-state index in [0.29, 0.717) is 30.4 Å². The zero-order valence-electron chi connectivity index (χ0n) is 18.8. The van der Waals surface area contributed by atoms with Crippen molar-refractivity contribution >= 4 is 11.7 Å². The SMILES string of the molecule is COc1ccc(OC)c(CNC(=O)[C@@H]2CCCN(c3ccnc(-c4ccc(F)cc4)n3)C2)c1. The molecule has 1 atom stereocenters. The molecule has 0 aliphatic carbocycles. The van der Waals surface area contributed by atoms with Crippen molar-refractivity contribution in [1.82, 2.24) is 15.3 Å². The summed E-state index contributed by atoms with van der Waals surface area (Å²) in [6, 6.07) is 13.5. The summed E-state index contributed by atoms with van der Waals surface area (Å²) >= 11 is 0. The summed E-state index contributed by atoms with van der Waals surface area (Å²) in [5.41, 5.74) is 1.61. The molecule has 172 valence electrons. The quantitative estimate of drug-likeness (QED) is 0.590. The second kappa shape index (κ2) is 10.3. The molecule has 1 saturated heterocycles. The molecule has 7 nitrogen and oxygen atoms in total. The van der Waals surface area contributed by atoms with Gasteiger partial charge < -0.3 is 19.7 Å². The van der Waals surface area contributed by atoms with Crippen LogP contribution in [0, 0.1) is 11.7 Å². The number of nitrogens with one attached hydrogen (secondary N) is 1. The van der Waals surface area contributed by atoms with E-state index in [1.54, 1.807) is 32.5 Å². The van der Waals surface area contributed by atoms with Gasteiger partial charge in [-0.05, 0) is 61.4 Å². The molecule has 4 rings (SSSR count). The third-order valence-corrected chi connectivity index (χ3v) is 5.80. The number of ether oxygens (including phenoxy) is 2. The number of amides is 1. The highest BCUT2D eigenvalue weighted by Gasteiger charge is 2.27. The maximum absolute atomic E-state index is 13.2. The van der Waals surface area contributed by atoms with Crippen LogP contribution in [-0.2, 0) is 11.3 Å². The van der Waals surface area contributed by atoms with E-state index in [1.165, 1.54) is 12.1 Å². The third kappa shape index (κ3) is 5.39. The van der Waals surface area contributed by atoms with Gasteiger partial charge in [0.05, 0.1) is 20.1 Å². The molecular formula is C25H27FN4O3. The molecule has 1 fully saturated rings. The first-order chi connectivity index (χ1) is 16.1. The van der Waals surface area contributed by atoms with Gasteiger partial charge in [-0.25, -0.2) is 14.4 Å². The smallest absolute Gasteiger partial charge is 0.225 e. The summed E-state index contributed by atoms with van der Waals surface area (Å²) in [4.78, 5) is 24.0. The summed E-state index contributed by atoms with van der Waals surface area (Å²) in [6.07, 6.45) is 3.39. The van der Waals surface area contributed by atoms with Crippen LogP contribution in [0.4, 0.5) is 10.2 Å². The van der Waals surface area contributed by atoms with Crippen molar-refractivity contribution < 1.29 is 18.7 Å². The number of nitrogens with zero attached hydrogens (tertiary/aromatic N) is 3. The number of hydrogen-bond donors (Lipinski definition) is 1. The van der Waals surface area contributed by atoms with E-state index >= 15 is 0 Å². The van der Waals surface area contributed by atoms with Gasteiger partial charge >= 0.3 is 0 Å². The van der Waals surface area contributed by atoms with E-state index in [2.05, 4.69) is 20.2 Å². The van der Waals surface area contributed by atoms with Gasteiger partial charge in [-0.3, -0.25) is 4.79 Å². The molecular weight excluding hydrogens is 423 g/mol. The minimum absolute atomic E-state index is 0.00242. The Balaban J connectivity index is 1.42. The van der Waals surface area contributed by atoms with Crippen molar-refractivity contribution in [3.8, 4) is 22.9 Å². The normalized spacial score (nSPS) is 15.7. The van der Waals surface area contributed by atoms with E-state index in [0.717, 1.165) is 36.3 Å².